The maximum Gasteiger partial charge on any atom is 0.128 e. The zero-order valence-electron chi connectivity index (χ0n) is 8.44. The fraction of sp³-hybridized carbons (Fsp3) is 0.300. The Bertz CT molecular complexity index is 347. The number of methoxy groups -OCH3 is 2. The number of hydrogen-bond acceptors (Lipinski definition) is 4. The lowest BCUT2D eigenvalue weighted by Gasteiger charge is -2.08. The summed E-state index contributed by atoms with van der Waals surface area (Å²) >= 11 is 0. The van der Waals surface area contributed by atoms with Crippen LogP contribution in [-0.4, -0.2) is 25.1 Å². The summed E-state index contributed by atoms with van der Waals surface area (Å²) in [5.41, 5.74) is 1.20. The second-order valence-corrected chi connectivity index (χ2v) is 2.75. The minimum atomic E-state index is 0.487. The van der Waals surface area contributed by atoms with Crippen LogP contribution in [0.15, 0.2) is 23.4 Å². The lowest BCUT2D eigenvalue weighted by molar-refractivity contribution is 0.318. The van der Waals surface area contributed by atoms with E-state index in [-0.39, 0.29) is 0 Å². The van der Waals surface area contributed by atoms with Crippen LogP contribution in [0.5, 0.6) is 11.5 Å². The van der Waals surface area contributed by atoms with Crippen LogP contribution >= 0.6 is 0 Å². The van der Waals surface area contributed by atoms with Gasteiger partial charge in [0.2, 0.25) is 0 Å². The SMILES string of the molecule is COc1ccc(OC)c(C(C)=NO)c1. The van der Waals surface area contributed by atoms with Gasteiger partial charge < -0.3 is 14.7 Å². The van der Waals surface area contributed by atoms with E-state index >= 15 is 0 Å². The molecule has 0 bridgehead atoms. The third-order valence-corrected chi connectivity index (χ3v) is 1.95. The summed E-state index contributed by atoms with van der Waals surface area (Å²) in [5.74, 6) is 1.35. The van der Waals surface area contributed by atoms with Gasteiger partial charge in [0, 0.05) is 5.56 Å². The number of nitrogens with zero attached hydrogens (tertiary/aromatic N) is 1. The third-order valence-electron chi connectivity index (χ3n) is 1.95. The Labute approximate surface area is 82.8 Å². The van der Waals surface area contributed by atoms with Gasteiger partial charge in [-0.1, -0.05) is 5.16 Å². The molecule has 0 heterocycles. The molecule has 0 aliphatic carbocycles. The lowest BCUT2D eigenvalue weighted by atomic mass is 10.1. The second kappa shape index (κ2) is 4.50. The first-order valence-corrected chi connectivity index (χ1v) is 4.14. The average Bonchev–Trinajstić information content (AvgIpc) is 2.27. The molecule has 0 aliphatic heterocycles. The van der Waals surface area contributed by atoms with Crippen molar-refractivity contribution in [3.05, 3.63) is 23.8 Å². The molecule has 1 aromatic carbocycles. The molecule has 0 fully saturated rings. The smallest absolute Gasteiger partial charge is 0.128 e. The van der Waals surface area contributed by atoms with E-state index < -0.39 is 0 Å². The molecule has 0 radical (unpaired) electrons. The van der Waals surface area contributed by atoms with Crippen molar-refractivity contribution in [1.82, 2.24) is 0 Å². The minimum Gasteiger partial charge on any atom is -0.497 e. The highest BCUT2D eigenvalue weighted by atomic mass is 16.5. The fourth-order valence-corrected chi connectivity index (χ4v) is 1.15. The van der Waals surface area contributed by atoms with Crippen LogP contribution < -0.4 is 9.47 Å². The zero-order valence-corrected chi connectivity index (χ0v) is 8.44. The fourth-order valence-electron chi connectivity index (χ4n) is 1.15. The van der Waals surface area contributed by atoms with Gasteiger partial charge in [-0.3, -0.25) is 0 Å². The van der Waals surface area contributed by atoms with Crippen LogP contribution in [-0.2, 0) is 0 Å². The van der Waals surface area contributed by atoms with Crippen molar-refractivity contribution >= 4 is 5.71 Å². The van der Waals surface area contributed by atoms with Crippen molar-refractivity contribution in [2.45, 2.75) is 6.92 Å². The standard InChI is InChI=1S/C10H13NO3/c1-7(11-12)9-6-8(13-2)4-5-10(9)14-3/h4-6,12H,1-3H3. The zero-order chi connectivity index (χ0) is 10.6. The number of rotatable bonds is 3. The highest BCUT2D eigenvalue weighted by molar-refractivity contribution is 6.01. The van der Waals surface area contributed by atoms with Gasteiger partial charge in [0.15, 0.2) is 0 Å². The van der Waals surface area contributed by atoms with Gasteiger partial charge in [-0.05, 0) is 25.1 Å². The number of oxime groups is 1. The number of ether oxygens (including phenoxy) is 2. The van der Waals surface area contributed by atoms with Crippen molar-refractivity contribution < 1.29 is 14.7 Å². The number of hydrogen-bond donors (Lipinski definition) is 1. The third kappa shape index (κ3) is 1.96. The van der Waals surface area contributed by atoms with E-state index in [0.29, 0.717) is 22.8 Å². The first-order chi connectivity index (χ1) is 6.72. The quantitative estimate of drug-likeness (QED) is 0.455. The van der Waals surface area contributed by atoms with E-state index in [1.165, 1.54) is 0 Å². The summed E-state index contributed by atoms with van der Waals surface area (Å²) in [4.78, 5) is 0. The monoisotopic (exact) mass is 195 g/mol. The maximum atomic E-state index is 8.66. The van der Waals surface area contributed by atoms with Gasteiger partial charge >= 0.3 is 0 Å². The van der Waals surface area contributed by atoms with Gasteiger partial charge in [-0.25, -0.2) is 0 Å². The Hall–Kier alpha value is -1.71. The van der Waals surface area contributed by atoms with Gasteiger partial charge in [-0.15, -0.1) is 0 Å². The topological polar surface area (TPSA) is 51.0 Å². The molecule has 0 aliphatic rings. The molecule has 4 nitrogen and oxygen atoms in total. The molecule has 76 valence electrons. The molecule has 14 heavy (non-hydrogen) atoms. The van der Waals surface area contributed by atoms with Crippen molar-refractivity contribution in [3.63, 3.8) is 0 Å². The normalized spacial score (nSPS) is 11.2. The molecule has 0 atom stereocenters. The van der Waals surface area contributed by atoms with Gasteiger partial charge in [-0.2, -0.15) is 0 Å². The Morgan fingerprint density at radius 2 is 2.00 bits per heavy atom. The highest BCUT2D eigenvalue weighted by Gasteiger charge is 2.07. The predicted octanol–water partition coefficient (Wildman–Crippen LogP) is 1.90. The Morgan fingerprint density at radius 1 is 1.29 bits per heavy atom. The molecule has 0 unspecified atom stereocenters. The summed E-state index contributed by atoms with van der Waals surface area (Å²) in [5, 5.41) is 11.8. The summed E-state index contributed by atoms with van der Waals surface area (Å²) in [6.07, 6.45) is 0. The van der Waals surface area contributed by atoms with Crippen LogP contribution in [0, 0.1) is 0 Å². The summed E-state index contributed by atoms with van der Waals surface area (Å²) in [6.45, 7) is 1.69. The van der Waals surface area contributed by atoms with E-state index in [0.717, 1.165) is 0 Å². The van der Waals surface area contributed by atoms with Gasteiger partial charge in [0.05, 0.1) is 19.9 Å². The lowest BCUT2D eigenvalue weighted by Crippen LogP contribution is -1.99. The van der Waals surface area contributed by atoms with Gasteiger partial charge in [0.25, 0.3) is 0 Å². The van der Waals surface area contributed by atoms with E-state index in [1.54, 1.807) is 39.3 Å². The molecule has 4 heteroatoms. The Kier molecular flexibility index (Phi) is 3.34. The Morgan fingerprint density at radius 3 is 2.50 bits per heavy atom. The Balaban J connectivity index is 3.21. The first-order valence-electron chi connectivity index (χ1n) is 4.14. The highest BCUT2D eigenvalue weighted by Crippen LogP contribution is 2.24. The van der Waals surface area contributed by atoms with Crippen molar-refractivity contribution in [2.75, 3.05) is 14.2 Å². The molecule has 0 saturated carbocycles. The van der Waals surface area contributed by atoms with Crippen LogP contribution in [0.3, 0.4) is 0 Å². The summed E-state index contributed by atoms with van der Waals surface area (Å²) in [6, 6.07) is 5.31. The number of benzene rings is 1. The molecule has 1 rings (SSSR count). The van der Waals surface area contributed by atoms with Crippen molar-refractivity contribution in [2.24, 2.45) is 5.16 Å². The second-order valence-electron chi connectivity index (χ2n) is 2.75. The van der Waals surface area contributed by atoms with Crippen LogP contribution in [0.4, 0.5) is 0 Å². The van der Waals surface area contributed by atoms with Gasteiger partial charge in [0.1, 0.15) is 11.5 Å². The van der Waals surface area contributed by atoms with E-state index in [2.05, 4.69) is 5.16 Å². The van der Waals surface area contributed by atoms with Crippen LogP contribution in [0.25, 0.3) is 0 Å². The maximum absolute atomic E-state index is 8.66. The van der Waals surface area contributed by atoms with Crippen molar-refractivity contribution in [1.29, 1.82) is 0 Å². The largest absolute Gasteiger partial charge is 0.497 e. The average molecular weight is 195 g/mol. The first kappa shape index (κ1) is 10.4. The summed E-state index contributed by atoms with van der Waals surface area (Å²) < 4.78 is 10.2. The minimum absolute atomic E-state index is 0.487. The van der Waals surface area contributed by atoms with E-state index in [9.17, 15) is 0 Å². The molecule has 1 aromatic rings. The van der Waals surface area contributed by atoms with Crippen LogP contribution in [0.1, 0.15) is 12.5 Å². The van der Waals surface area contributed by atoms with Crippen LogP contribution in [0.2, 0.25) is 0 Å². The molecule has 1 N–H and O–H groups in total. The van der Waals surface area contributed by atoms with E-state index in [4.69, 9.17) is 14.7 Å². The van der Waals surface area contributed by atoms with E-state index in [1.807, 2.05) is 0 Å². The van der Waals surface area contributed by atoms with Crippen molar-refractivity contribution in [3.8, 4) is 11.5 Å². The molecular formula is C10H13NO3. The molecular weight excluding hydrogens is 182 g/mol. The molecule has 0 spiro atoms. The molecule has 0 amide bonds. The molecule has 0 saturated heterocycles. The summed E-state index contributed by atoms with van der Waals surface area (Å²) in [7, 11) is 3.15. The molecule has 0 aromatic heterocycles. The predicted molar refractivity (Wildman–Crippen MR) is 53.5 cm³/mol.